The Morgan fingerprint density at radius 3 is 2.64 bits per heavy atom. The van der Waals surface area contributed by atoms with Gasteiger partial charge in [0.15, 0.2) is 0 Å². The number of aromatic amines is 1. The molecule has 1 aromatic heterocycles. The third-order valence-electron chi connectivity index (χ3n) is 6.59. The molecule has 7 nitrogen and oxygen atoms in total. The molecule has 2 heterocycles. The van der Waals surface area contributed by atoms with E-state index in [1.54, 1.807) is 11.0 Å². The van der Waals surface area contributed by atoms with Gasteiger partial charge in [0.05, 0.1) is 23.4 Å². The lowest BCUT2D eigenvalue weighted by Gasteiger charge is -2.30. The molecule has 0 unspecified atom stereocenters. The lowest BCUT2D eigenvalue weighted by Crippen LogP contribution is -2.36. The molecule has 1 fully saturated rings. The van der Waals surface area contributed by atoms with E-state index in [4.69, 9.17) is 10.8 Å². The molecule has 2 aliphatic rings. The van der Waals surface area contributed by atoms with Gasteiger partial charge in [0, 0.05) is 36.1 Å². The zero-order chi connectivity index (χ0) is 23.7. The summed E-state index contributed by atoms with van der Waals surface area (Å²) in [5.74, 6) is -1.22. The number of aryl methyl sites for hydroxylation is 2. The number of aromatic nitrogens is 1. The SMILES string of the molecule is Cc1cc(C)c(/C=C2\C(=O)N(CC3CCC(N)CC3)c3cc(C(=O)NCCO)c(F)cc32)[nH]1. The van der Waals surface area contributed by atoms with Gasteiger partial charge in [-0.2, -0.15) is 0 Å². The minimum absolute atomic E-state index is 0.0247. The number of aliphatic hydroxyl groups is 1. The van der Waals surface area contributed by atoms with E-state index in [1.165, 1.54) is 12.1 Å². The van der Waals surface area contributed by atoms with Gasteiger partial charge in [-0.15, -0.1) is 0 Å². The van der Waals surface area contributed by atoms with E-state index in [0.717, 1.165) is 42.6 Å². The van der Waals surface area contributed by atoms with Gasteiger partial charge in [0.25, 0.3) is 11.8 Å². The van der Waals surface area contributed by atoms with Gasteiger partial charge in [-0.05, 0) is 75.3 Å². The predicted octanol–water partition coefficient (Wildman–Crippen LogP) is 2.90. The van der Waals surface area contributed by atoms with Crippen molar-refractivity contribution in [3.8, 4) is 0 Å². The number of benzene rings is 1. The Balaban J connectivity index is 1.75. The van der Waals surface area contributed by atoms with Crippen LogP contribution in [0.2, 0.25) is 0 Å². The average molecular weight is 455 g/mol. The summed E-state index contributed by atoms with van der Waals surface area (Å²) in [6.45, 7) is 4.18. The summed E-state index contributed by atoms with van der Waals surface area (Å²) in [7, 11) is 0. The van der Waals surface area contributed by atoms with Gasteiger partial charge in [0.2, 0.25) is 0 Å². The lowest BCUT2D eigenvalue weighted by atomic mass is 9.86. The molecule has 0 saturated heterocycles. The van der Waals surface area contributed by atoms with Crippen molar-refractivity contribution in [1.82, 2.24) is 10.3 Å². The number of carbonyl (C=O) groups is 2. The molecule has 1 saturated carbocycles. The summed E-state index contributed by atoms with van der Waals surface area (Å²) in [4.78, 5) is 30.9. The van der Waals surface area contributed by atoms with Crippen LogP contribution >= 0.6 is 0 Å². The number of carbonyl (C=O) groups excluding carboxylic acids is 2. The summed E-state index contributed by atoms with van der Waals surface area (Å²) < 4.78 is 15.0. The Bertz CT molecular complexity index is 1100. The van der Waals surface area contributed by atoms with Crippen molar-refractivity contribution >= 4 is 29.2 Å². The molecular weight excluding hydrogens is 423 g/mol. The number of halogens is 1. The number of hydrogen-bond donors (Lipinski definition) is 4. The van der Waals surface area contributed by atoms with Gasteiger partial charge in [-0.1, -0.05) is 0 Å². The summed E-state index contributed by atoms with van der Waals surface area (Å²) in [6.07, 6.45) is 5.46. The zero-order valence-electron chi connectivity index (χ0n) is 19.1. The smallest absolute Gasteiger partial charge is 0.259 e. The Hall–Kier alpha value is -2.97. The van der Waals surface area contributed by atoms with E-state index < -0.39 is 11.7 Å². The minimum atomic E-state index is -0.701. The number of anilines is 1. The van der Waals surface area contributed by atoms with Crippen molar-refractivity contribution in [3.63, 3.8) is 0 Å². The highest BCUT2D eigenvalue weighted by Gasteiger charge is 2.36. The molecule has 0 bridgehead atoms. The average Bonchev–Trinajstić information content (AvgIpc) is 3.23. The van der Waals surface area contributed by atoms with Gasteiger partial charge < -0.3 is 26.0 Å². The van der Waals surface area contributed by atoms with E-state index in [9.17, 15) is 14.0 Å². The van der Waals surface area contributed by atoms with E-state index in [-0.39, 0.29) is 30.7 Å². The maximum Gasteiger partial charge on any atom is 0.259 e. The van der Waals surface area contributed by atoms with Crippen LogP contribution in [-0.2, 0) is 4.79 Å². The molecule has 176 valence electrons. The zero-order valence-corrected chi connectivity index (χ0v) is 19.1. The summed E-state index contributed by atoms with van der Waals surface area (Å²) >= 11 is 0. The number of nitrogens with two attached hydrogens (primary N) is 1. The summed E-state index contributed by atoms with van der Waals surface area (Å²) in [5.41, 5.74) is 10.1. The Labute approximate surface area is 192 Å². The Morgan fingerprint density at radius 2 is 2.00 bits per heavy atom. The lowest BCUT2D eigenvalue weighted by molar-refractivity contribution is -0.113. The van der Waals surface area contributed by atoms with Crippen molar-refractivity contribution in [2.45, 2.75) is 45.6 Å². The molecule has 0 radical (unpaired) electrons. The van der Waals surface area contributed by atoms with E-state index in [0.29, 0.717) is 29.3 Å². The first-order valence-corrected chi connectivity index (χ1v) is 11.5. The van der Waals surface area contributed by atoms with Crippen molar-refractivity contribution in [3.05, 3.63) is 52.1 Å². The number of H-pyrrole nitrogens is 1. The van der Waals surface area contributed by atoms with Crippen molar-refractivity contribution in [2.24, 2.45) is 11.7 Å². The molecule has 4 rings (SSSR count). The fourth-order valence-corrected chi connectivity index (χ4v) is 4.80. The summed E-state index contributed by atoms with van der Waals surface area (Å²) in [6, 6.07) is 4.92. The van der Waals surface area contributed by atoms with Crippen LogP contribution < -0.4 is 16.0 Å². The first kappa shape index (κ1) is 23.2. The molecule has 1 aliphatic heterocycles. The quantitative estimate of drug-likeness (QED) is 0.503. The second kappa shape index (κ2) is 9.49. The Morgan fingerprint density at radius 1 is 1.27 bits per heavy atom. The van der Waals surface area contributed by atoms with Crippen LogP contribution in [-0.4, -0.2) is 47.6 Å². The van der Waals surface area contributed by atoms with E-state index in [2.05, 4.69) is 10.3 Å². The molecule has 0 atom stereocenters. The second-order valence-corrected chi connectivity index (χ2v) is 9.13. The molecule has 33 heavy (non-hydrogen) atoms. The number of fused-ring (bicyclic) bond motifs is 1. The number of nitrogens with zero attached hydrogens (tertiary/aromatic N) is 1. The van der Waals surface area contributed by atoms with Crippen molar-refractivity contribution < 1.29 is 19.1 Å². The molecule has 8 heteroatoms. The topological polar surface area (TPSA) is 111 Å². The van der Waals surface area contributed by atoms with Gasteiger partial charge >= 0.3 is 0 Å². The van der Waals surface area contributed by atoms with Crippen LogP contribution in [0.25, 0.3) is 11.6 Å². The number of amides is 2. The fraction of sp³-hybridized carbons (Fsp3) is 0.440. The van der Waals surface area contributed by atoms with Crippen LogP contribution in [0.5, 0.6) is 0 Å². The van der Waals surface area contributed by atoms with Crippen LogP contribution in [0.4, 0.5) is 10.1 Å². The van der Waals surface area contributed by atoms with E-state index >= 15 is 0 Å². The molecule has 0 spiro atoms. The largest absolute Gasteiger partial charge is 0.395 e. The first-order chi connectivity index (χ1) is 15.8. The fourth-order valence-electron chi connectivity index (χ4n) is 4.80. The minimum Gasteiger partial charge on any atom is -0.395 e. The predicted molar refractivity (Wildman–Crippen MR) is 126 cm³/mol. The highest BCUT2D eigenvalue weighted by molar-refractivity contribution is 6.36. The second-order valence-electron chi connectivity index (χ2n) is 9.13. The number of nitrogens with one attached hydrogen (secondary N) is 2. The normalized spacial score (nSPS) is 21.5. The summed E-state index contributed by atoms with van der Waals surface area (Å²) in [5, 5.41) is 11.5. The molecule has 2 amide bonds. The van der Waals surface area contributed by atoms with Crippen LogP contribution in [0, 0.1) is 25.6 Å². The van der Waals surface area contributed by atoms with Gasteiger partial charge in [0.1, 0.15) is 5.82 Å². The molecular formula is C25H31FN4O3. The molecule has 1 aromatic carbocycles. The van der Waals surface area contributed by atoms with E-state index in [1.807, 2.05) is 19.9 Å². The van der Waals surface area contributed by atoms with Crippen LogP contribution in [0.1, 0.15) is 58.6 Å². The molecule has 1 aliphatic carbocycles. The number of hydrogen-bond acceptors (Lipinski definition) is 4. The molecule has 2 aromatic rings. The van der Waals surface area contributed by atoms with Crippen LogP contribution in [0.15, 0.2) is 18.2 Å². The number of aliphatic hydroxyl groups excluding tert-OH is 1. The first-order valence-electron chi connectivity index (χ1n) is 11.5. The third-order valence-corrected chi connectivity index (χ3v) is 6.59. The maximum atomic E-state index is 15.0. The number of rotatable bonds is 6. The Kier molecular flexibility index (Phi) is 6.67. The van der Waals surface area contributed by atoms with Crippen molar-refractivity contribution in [1.29, 1.82) is 0 Å². The van der Waals surface area contributed by atoms with Crippen LogP contribution in [0.3, 0.4) is 0 Å². The highest BCUT2D eigenvalue weighted by atomic mass is 19.1. The standard InChI is InChI=1S/C25H31FN4O3/c1-14-9-15(2)29-22(14)11-19-18-10-21(26)20(24(32)28-7-8-31)12-23(18)30(25(19)33)13-16-3-5-17(27)6-4-16/h9-12,16-17,29,31H,3-8,13,27H2,1-2H3,(H,28,32)/b19-11-. The van der Waals surface area contributed by atoms with Gasteiger partial charge in [-0.25, -0.2) is 4.39 Å². The van der Waals surface area contributed by atoms with Gasteiger partial charge in [-0.3, -0.25) is 9.59 Å². The monoisotopic (exact) mass is 454 g/mol. The maximum absolute atomic E-state index is 15.0. The van der Waals surface area contributed by atoms with Crippen molar-refractivity contribution in [2.75, 3.05) is 24.6 Å². The third kappa shape index (κ3) is 4.72. The molecule has 5 N–H and O–H groups in total. The highest BCUT2D eigenvalue weighted by Crippen LogP contribution is 2.41.